The van der Waals surface area contributed by atoms with Gasteiger partial charge in [-0.25, -0.2) is 0 Å². The number of rotatable bonds is 6. The van der Waals surface area contributed by atoms with Crippen LogP contribution in [-0.2, 0) is 4.79 Å². The van der Waals surface area contributed by atoms with E-state index in [1.165, 1.54) is 0 Å². The van der Waals surface area contributed by atoms with Crippen LogP contribution in [0.15, 0.2) is 0 Å². The minimum Gasteiger partial charge on any atom is -0.352 e. The second kappa shape index (κ2) is 7.44. The smallest absolute Gasteiger partial charge is 0.220 e. The number of nitrogens with one attached hydrogen (secondary N) is 1. The van der Waals surface area contributed by atoms with E-state index in [0.717, 1.165) is 12.8 Å². The largest absolute Gasteiger partial charge is 0.352 e. The number of carbonyl (C=O) groups excluding carboxylic acids is 1. The molecule has 0 radical (unpaired) electrons. The monoisotopic (exact) mass is 195 g/mol. The summed E-state index contributed by atoms with van der Waals surface area (Å²) in [5, 5.41) is 2.94. The van der Waals surface area contributed by atoms with Crippen LogP contribution in [0, 0.1) is 18.3 Å². The quantitative estimate of drug-likeness (QED) is 0.648. The first-order valence-corrected chi connectivity index (χ1v) is 5.33. The van der Waals surface area contributed by atoms with E-state index in [2.05, 4.69) is 25.1 Å². The molecule has 2 nitrogen and oxygen atoms in total. The van der Waals surface area contributed by atoms with Gasteiger partial charge in [-0.2, -0.15) is 0 Å². The van der Waals surface area contributed by atoms with Crippen molar-refractivity contribution >= 4 is 5.91 Å². The first kappa shape index (κ1) is 13.0. The molecule has 0 aromatic rings. The Balaban J connectivity index is 3.74. The van der Waals surface area contributed by atoms with Crippen LogP contribution in [-0.4, -0.2) is 11.9 Å². The Kier molecular flexibility index (Phi) is 6.92. The predicted octanol–water partition coefficient (Wildman–Crippen LogP) is 2.34. The highest BCUT2D eigenvalue weighted by molar-refractivity contribution is 5.76. The number of hydrogen-bond acceptors (Lipinski definition) is 1. The van der Waals surface area contributed by atoms with Gasteiger partial charge in [0.2, 0.25) is 5.91 Å². The molecule has 0 aliphatic heterocycles. The molecule has 0 fully saturated rings. The molecule has 0 aromatic carbocycles. The second-order valence-electron chi connectivity index (χ2n) is 4.01. The van der Waals surface area contributed by atoms with Crippen molar-refractivity contribution < 1.29 is 4.79 Å². The lowest BCUT2D eigenvalue weighted by Gasteiger charge is -2.14. The Morgan fingerprint density at radius 2 is 2.14 bits per heavy atom. The lowest BCUT2D eigenvalue weighted by atomic mass is 10.1. The highest BCUT2D eigenvalue weighted by Gasteiger charge is 2.09. The first-order chi connectivity index (χ1) is 6.60. The lowest BCUT2D eigenvalue weighted by Crippen LogP contribution is -2.34. The molecular formula is C12H21NO. The topological polar surface area (TPSA) is 29.1 Å². The summed E-state index contributed by atoms with van der Waals surface area (Å²) in [6.45, 7) is 6.27. The SMILES string of the molecule is C#CCC(CC)NC(=O)CCC(C)C. The van der Waals surface area contributed by atoms with Crippen molar-refractivity contribution in [2.75, 3.05) is 0 Å². The van der Waals surface area contributed by atoms with Crippen molar-refractivity contribution in [1.82, 2.24) is 5.32 Å². The molecule has 0 aliphatic carbocycles. The number of hydrogen-bond donors (Lipinski definition) is 1. The van der Waals surface area contributed by atoms with E-state index in [1.807, 2.05) is 6.92 Å². The van der Waals surface area contributed by atoms with E-state index in [1.54, 1.807) is 0 Å². The fourth-order valence-electron chi connectivity index (χ4n) is 1.16. The maximum absolute atomic E-state index is 11.4. The van der Waals surface area contributed by atoms with Crippen molar-refractivity contribution in [1.29, 1.82) is 0 Å². The Morgan fingerprint density at radius 1 is 1.50 bits per heavy atom. The fourth-order valence-corrected chi connectivity index (χ4v) is 1.16. The summed E-state index contributed by atoms with van der Waals surface area (Å²) in [6, 6.07) is 0.152. The first-order valence-electron chi connectivity index (χ1n) is 5.33. The van der Waals surface area contributed by atoms with Crippen molar-refractivity contribution in [3.8, 4) is 12.3 Å². The molecule has 0 saturated heterocycles. The molecule has 1 amide bonds. The Hall–Kier alpha value is -0.970. The molecule has 0 aliphatic rings. The molecule has 1 atom stereocenters. The lowest BCUT2D eigenvalue weighted by molar-refractivity contribution is -0.122. The number of carbonyl (C=O) groups is 1. The summed E-state index contributed by atoms with van der Waals surface area (Å²) in [4.78, 5) is 11.4. The summed E-state index contributed by atoms with van der Waals surface area (Å²) in [5.41, 5.74) is 0. The van der Waals surface area contributed by atoms with Crippen LogP contribution in [0.25, 0.3) is 0 Å². The summed E-state index contributed by atoms with van der Waals surface area (Å²) < 4.78 is 0. The maximum atomic E-state index is 11.4. The molecule has 1 N–H and O–H groups in total. The average molecular weight is 195 g/mol. The van der Waals surface area contributed by atoms with Crippen LogP contribution >= 0.6 is 0 Å². The zero-order chi connectivity index (χ0) is 11.0. The molecule has 0 heterocycles. The third-order valence-electron chi connectivity index (χ3n) is 2.17. The summed E-state index contributed by atoms with van der Waals surface area (Å²) in [5.74, 6) is 3.28. The second-order valence-corrected chi connectivity index (χ2v) is 4.01. The van der Waals surface area contributed by atoms with Gasteiger partial charge in [0, 0.05) is 18.9 Å². The summed E-state index contributed by atoms with van der Waals surface area (Å²) in [7, 11) is 0. The van der Waals surface area contributed by atoms with Gasteiger partial charge in [-0.3, -0.25) is 4.79 Å². The summed E-state index contributed by atoms with van der Waals surface area (Å²) >= 11 is 0. The standard InChI is InChI=1S/C12H21NO/c1-5-7-11(6-2)13-12(14)9-8-10(3)4/h1,10-11H,6-9H2,2-4H3,(H,13,14). The van der Waals surface area contributed by atoms with Gasteiger partial charge in [-0.15, -0.1) is 12.3 Å². The van der Waals surface area contributed by atoms with E-state index in [0.29, 0.717) is 18.8 Å². The third-order valence-corrected chi connectivity index (χ3v) is 2.17. The maximum Gasteiger partial charge on any atom is 0.220 e. The molecule has 0 saturated carbocycles. The van der Waals surface area contributed by atoms with Crippen LogP contribution in [0.1, 0.15) is 46.5 Å². The van der Waals surface area contributed by atoms with Gasteiger partial charge >= 0.3 is 0 Å². The van der Waals surface area contributed by atoms with Gasteiger partial charge < -0.3 is 5.32 Å². The van der Waals surface area contributed by atoms with Crippen LogP contribution < -0.4 is 5.32 Å². The highest BCUT2D eigenvalue weighted by Crippen LogP contribution is 2.04. The molecule has 0 bridgehead atoms. The van der Waals surface area contributed by atoms with Crippen molar-refractivity contribution in [2.24, 2.45) is 5.92 Å². The van der Waals surface area contributed by atoms with E-state index < -0.39 is 0 Å². The molecular weight excluding hydrogens is 174 g/mol. The van der Waals surface area contributed by atoms with Crippen LogP contribution in [0.4, 0.5) is 0 Å². The molecule has 0 spiro atoms. The van der Waals surface area contributed by atoms with Gasteiger partial charge in [-0.05, 0) is 18.8 Å². The van der Waals surface area contributed by atoms with Crippen molar-refractivity contribution in [3.05, 3.63) is 0 Å². The molecule has 80 valence electrons. The minimum atomic E-state index is 0.126. The van der Waals surface area contributed by atoms with Crippen molar-refractivity contribution in [3.63, 3.8) is 0 Å². The molecule has 14 heavy (non-hydrogen) atoms. The third kappa shape index (κ3) is 6.54. The van der Waals surface area contributed by atoms with Gasteiger partial charge in [0.15, 0.2) is 0 Å². The molecule has 1 unspecified atom stereocenters. The zero-order valence-electron chi connectivity index (χ0n) is 9.47. The number of terminal acetylenes is 1. The van der Waals surface area contributed by atoms with E-state index in [9.17, 15) is 4.79 Å². The van der Waals surface area contributed by atoms with Gasteiger partial charge in [0.25, 0.3) is 0 Å². The van der Waals surface area contributed by atoms with E-state index in [-0.39, 0.29) is 11.9 Å². The molecule has 2 heteroatoms. The molecule has 0 aromatic heterocycles. The normalized spacial score (nSPS) is 12.2. The fraction of sp³-hybridized carbons (Fsp3) is 0.750. The Labute approximate surface area is 87.5 Å². The van der Waals surface area contributed by atoms with E-state index in [4.69, 9.17) is 6.42 Å². The Bertz CT molecular complexity index is 203. The van der Waals surface area contributed by atoms with Crippen LogP contribution in [0.5, 0.6) is 0 Å². The average Bonchev–Trinajstić information content (AvgIpc) is 2.14. The summed E-state index contributed by atoms with van der Waals surface area (Å²) in [6.07, 6.45) is 8.28. The van der Waals surface area contributed by atoms with Crippen molar-refractivity contribution in [2.45, 2.75) is 52.5 Å². The predicted molar refractivity (Wildman–Crippen MR) is 59.7 cm³/mol. The van der Waals surface area contributed by atoms with Crippen LogP contribution in [0.3, 0.4) is 0 Å². The van der Waals surface area contributed by atoms with Gasteiger partial charge in [0.1, 0.15) is 0 Å². The van der Waals surface area contributed by atoms with Gasteiger partial charge in [-0.1, -0.05) is 20.8 Å². The van der Waals surface area contributed by atoms with Gasteiger partial charge in [0.05, 0.1) is 0 Å². The molecule has 0 rings (SSSR count). The van der Waals surface area contributed by atoms with E-state index >= 15 is 0 Å². The number of amides is 1. The van der Waals surface area contributed by atoms with Crippen LogP contribution in [0.2, 0.25) is 0 Å². The zero-order valence-corrected chi connectivity index (χ0v) is 9.47. The highest BCUT2D eigenvalue weighted by atomic mass is 16.1. The Morgan fingerprint density at radius 3 is 2.57 bits per heavy atom. The minimum absolute atomic E-state index is 0.126.